The van der Waals surface area contributed by atoms with Gasteiger partial charge >= 0.3 is 6.03 Å². The highest BCUT2D eigenvalue weighted by atomic mass is 19.1. The van der Waals surface area contributed by atoms with Crippen LogP contribution in [0.2, 0.25) is 0 Å². The van der Waals surface area contributed by atoms with Crippen LogP contribution in [0.25, 0.3) is 0 Å². The predicted octanol–water partition coefficient (Wildman–Crippen LogP) is 3.13. The number of amides is 2. The van der Waals surface area contributed by atoms with Crippen molar-refractivity contribution in [3.63, 3.8) is 0 Å². The minimum absolute atomic E-state index is 0.0192. The SMILES string of the molecule is CN1CCC2(CC1)CN(c1ccc3c(c1)N(C)C(=O)[C@H](NC(=O)n1cc(Cc4ccc(F)cc4)cn1)CO3)C2. The molecule has 3 aliphatic rings. The molecule has 1 spiro atoms. The van der Waals surface area contributed by atoms with E-state index in [0.29, 0.717) is 23.3 Å². The number of hydrogen-bond acceptors (Lipinski definition) is 6. The molecule has 4 heterocycles. The summed E-state index contributed by atoms with van der Waals surface area (Å²) in [7, 11) is 3.89. The van der Waals surface area contributed by atoms with Crippen molar-refractivity contribution < 1.29 is 18.7 Å². The number of rotatable bonds is 4. The molecule has 0 radical (unpaired) electrons. The van der Waals surface area contributed by atoms with Crippen LogP contribution in [0.3, 0.4) is 0 Å². The van der Waals surface area contributed by atoms with Crippen LogP contribution in [0.4, 0.5) is 20.6 Å². The largest absolute Gasteiger partial charge is 0.489 e. The number of aromatic nitrogens is 2. The number of ether oxygens (including phenoxy) is 1. The van der Waals surface area contributed by atoms with Gasteiger partial charge in [0.15, 0.2) is 0 Å². The highest BCUT2D eigenvalue weighted by Gasteiger charge is 2.44. The molecule has 3 aromatic rings. The van der Waals surface area contributed by atoms with Crippen molar-refractivity contribution in [2.24, 2.45) is 5.41 Å². The van der Waals surface area contributed by atoms with E-state index in [4.69, 9.17) is 4.74 Å². The average Bonchev–Trinajstić information content (AvgIpc) is 3.35. The molecule has 2 amide bonds. The van der Waals surface area contributed by atoms with Crippen LogP contribution in [0.15, 0.2) is 54.9 Å². The summed E-state index contributed by atoms with van der Waals surface area (Å²) in [5.41, 5.74) is 3.87. The zero-order chi connectivity index (χ0) is 27.1. The second-order valence-corrected chi connectivity index (χ2v) is 11.1. The molecule has 2 fully saturated rings. The van der Waals surface area contributed by atoms with Crippen molar-refractivity contribution in [1.29, 1.82) is 0 Å². The molecule has 2 aromatic carbocycles. The Hall–Kier alpha value is -3.92. The number of benzene rings is 2. The number of hydrogen-bond donors (Lipinski definition) is 1. The highest BCUT2D eigenvalue weighted by molar-refractivity contribution is 6.01. The predicted molar refractivity (Wildman–Crippen MR) is 146 cm³/mol. The maximum Gasteiger partial charge on any atom is 0.342 e. The third kappa shape index (κ3) is 5.08. The van der Waals surface area contributed by atoms with Gasteiger partial charge in [-0.05, 0) is 74.4 Å². The van der Waals surface area contributed by atoms with Gasteiger partial charge in [-0.1, -0.05) is 12.1 Å². The molecule has 39 heavy (non-hydrogen) atoms. The van der Waals surface area contributed by atoms with Crippen LogP contribution < -0.4 is 19.9 Å². The highest BCUT2D eigenvalue weighted by Crippen LogP contribution is 2.44. The summed E-state index contributed by atoms with van der Waals surface area (Å²) in [6, 6.07) is 10.8. The van der Waals surface area contributed by atoms with Gasteiger partial charge in [-0.15, -0.1) is 0 Å². The van der Waals surface area contributed by atoms with Crippen molar-refractivity contribution >= 4 is 23.3 Å². The van der Waals surface area contributed by atoms with Gasteiger partial charge in [0.2, 0.25) is 0 Å². The standard InChI is InChI=1S/C29H33FN6O3/c1-33-11-9-29(10-12-33)18-35(19-29)23-7-8-26-25(14-23)34(2)27(37)24(17-39-26)32-28(38)36-16-21(15-31-36)13-20-3-5-22(30)6-4-20/h3-8,14-16,24H,9-13,17-19H2,1-2H3,(H,32,38)/t24-/m1/s1. The lowest BCUT2D eigenvalue weighted by Gasteiger charge is -2.54. The first-order valence-corrected chi connectivity index (χ1v) is 13.4. The van der Waals surface area contributed by atoms with Gasteiger partial charge in [0, 0.05) is 43.9 Å². The van der Waals surface area contributed by atoms with Crippen LogP contribution in [-0.2, 0) is 11.2 Å². The molecule has 204 valence electrons. The molecular weight excluding hydrogens is 499 g/mol. The quantitative estimate of drug-likeness (QED) is 0.556. The van der Waals surface area contributed by atoms with E-state index in [1.807, 2.05) is 18.2 Å². The molecule has 10 heteroatoms. The number of likely N-dealkylation sites (tertiary alicyclic amines) is 1. The van der Waals surface area contributed by atoms with E-state index < -0.39 is 12.1 Å². The summed E-state index contributed by atoms with van der Waals surface area (Å²) >= 11 is 0. The van der Waals surface area contributed by atoms with Gasteiger partial charge in [0.1, 0.15) is 24.2 Å². The van der Waals surface area contributed by atoms with E-state index in [-0.39, 0.29) is 18.3 Å². The topological polar surface area (TPSA) is 82.9 Å². The van der Waals surface area contributed by atoms with Crippen LogP contribution in [0, 0.1) is 11.2 Å². The van der Waals surface area contributed by atoms with E-state index in [1.54, 1.807) is 36.5 Å². The molecule has 1 atom stereocenters. The first-order valence-electron chi connectivity index (χ1n) is 13.4. The first kappa shape index (κ1) is 25.4. The number of carbonyl (C=O) groups is 2. The van der Waals surface area contributed by atoms with Crippen molar-refractivity contribution in [2.45, 2.75) is 25.3 Å². The van der Waals surface area contributed by atoms with E-state index in [9.17, 15) is 14.0 Å². The molecule has 0 bridgehead atoms. The van der Waals surface area contributed by atoms with E-state index >= 15 is 0 Å². The van der Waals surface area contributed by atoms with Gasteiger partial charge in [-0.25, -0.2) is 9.18 Å². The van der Waals surface area contributed by atoms with Crippen LogP contribution in [-0.4, -0.2) is 79.5 Å². The normalized spacial score (nSPS) is 20.7. The summed E-state index contributed by atoms with van der Waals surface area (Å²) in [6.07, 6.45) is 6.14. The third-order valence-electron chi connectivity index (χ3n) is 8.27. The summed E-state index contributed by atoms with van der Waals surface area (Å²) in [5.74, 6) is 0.0592. The number of piperidine rings is 1. The maximum atomic E-state index is 13.3. The molecular formula is C29H33FN6O3. The molecule has 2 saturated heterocycles. The Morgan fingerprint density at radius 2 is 1.85 bits per heavy atom. The van der Waals surface area contributed by atoms with Crippen molar-refractivity contribution in [3.8, 4) is 5.75 Å². The molecule has 6 rings (SSSR count). The fourth-order valence-corrected chi connectivity index (χ4v) is 5.76. The Balaban J connectivity index is 1.09. The van der Waals surface area contributed by atoms with E-state index in [0.717, 1.165) is 43.0 Å². The number of carbonyl (C=O) groups excluding carboxylic acids is 2. The fraction of sp³-hybridized carbons (Fsp3) is 0.414. The van der Waals surface area contributed by atoms with Crippen molar-refractivity contribution in [1.82, 2.24) is 20.0 Å². The number of fused-ring (bicyclic) bond motifs is 1. The Labute approximate surface area is 227 Å². The van der Waals surface area contributed by atoms with Crippen molar-refractivity contribution in [3.05, 3.63) is 71.8 Å². The zero-order valence-corrected chi connectivity index (χ0v) is 22.3. The van der Waals surface area contributed by atoms with Gasteiger partial charge in [0.25, 0.3) is 5.91 Å². The van der Waals surface area contributed by atoms with Gasteiger partial charge < -0.3 is 24.8 Å². The van der Waals surface area contributed by atoms with Crippen molar-refractivity contribution in [2.75, 3.05) is 56.7 Å². The first-order chi connectivity index (χ1) is 18.8. The van der Waals surface area contributed by atoms with Gasteiger partial charge in [-0.2, -0.15) is 9.78 Å². The molecule has 0 saturated carbocycles. The minimum Gasteiger partial charge on any atom is -0.489 e. The zero-order valence-electron chi connectivity index (χ0n) is 22.3. The Kier molecular flexibility index (Phi) is 6.50. The van der Waals surface area contributed by atoms with Crippen LogP contribution >= 0.6 is 0 Å². The number of nitrogens with one attached hydrogen (secondary N) is 1. The fourth-order valence-electron chi connectivity index (χ4n) is 5.76. The van der Waals surface area contributed by atoms with E-state index in [1.165, 1.54) is 29.7 Å². The Bertz CT molecular complexity index is 1370. The smallest absolute Gasteiger partial charge is 0.342 e. The average molecular weight is 533 g/mol. The molecule has 1 N–H and O–H groups in total. The van der Waals surface area contributed by atoms with Gasteiger partial charge in [-0.3, -0.25) is 4.79 Å². The second-order valence-electron chi connectivity index (χ2n) is 11.1. The van der Waals surface area contributed by atoms with Gasteiger partial charge in [0.05, 0.1) is 11.9 Å². The molecule has 0 unspecified atom stereocenters. The summed E-state index contributed by atoms with van der Waals surface area (Å²) < 4.78 is 20.3. The number of nitrogens with zero attached hydrogens (tertiary/aromatic N) is 5. The van der Waals surface area contributed by atoms with Crippen LogP contribution in [0.1, 0.15) is 24.0 Å². The van der Waals surface area contributed by atoms with E-state index in [2.05, 4.69) is 27.3 Å². The molecule has 9 nitrogen and oxygen atoms in total. The molecule has 0 aliphatic carbocycles. The lowest BCUT2D eigenvalue weighted by molar-refractivity contribution is -0.120. The lowest BCUT2D eigenvalue weighted by atomic mass is 9.72. The monoisotopic (exact) mass is 532 g/mol. The third-order valence-corrected chi connectivity index (χ3v) is 8.27. The Morgan fingerprint density at radius 3 is 2.59 bits per heavy atom. The number of likely N-dealkylation sites (N-methyl/N-ethyl adjacent to an activating group) is 1. The molecule has 1 aromatic heterocycles. The minimum atomic E-state index is -0.866. The van der Waals surface area contributed by atoms with Crippen LogP contribution in [0.5, 0.6) is 5.75 Å². The summed E-state index contributed by atoms with van der Waals surface area (Å²) in [5, 5.41) is 6.90. The number of halogens is 1. The maximum absolute atomic E-state index is 13.3. The Morgan fingerprint density at radius 1 is 1.10 bits per heavy atom. The number of anilines is 2. The summed E-state index contributed by atoms with van der Waals surface area (Å²) in [6.45, 7) is 4.37. The second kappa shape index (κ2) is 10.00. The molecule has 3 aliphatic heterocycles. The summed E-state index contributed by atoms with van der Waals surface area (Å²) in [4.78, 5) is 32.6. The lowest BCUT2D eigenvalue weighted by Crippen LogP contribution is -2.60.